The molecule has 0 fully saturated rings. The van der Waals surface area contributed by atoms with Crippen LogP contribution in [0.5, 0.6) is 0 Å². The molecule has 2 aliphatic heterocycles. The second kappa shape index (κ2) is 9.88. The van der Waals surface area contributed by atoms with Gasteiger partial charge in [0.2, 0.25) is 0 Å². The first-order valence-electron chi connectivity index (χ1n) is 18.2. The Kier molecular flexibility index (Phi) is 5.25. The molecule has 6 heteroatoms. The number of hydrogen-bond donors (Lipinski definition) is 0. The quantitative estimate of drug-likeness (QED) is 0.172. The molecule has 2 aliphatic rings. The lowest BCUT2D eigenvalue weighted by Gasteiger charge is -2.34. The lowest BCUT2D eigenvalue weighted by Crippen LogP contribution is -2.59. The number of aromatic nitrogens is 2. The molecular formula is C47H28BN3OS. The third-order valence-corrected chi connectivity index (χ3v) is 12.9. The summed E-state index contributed by atoms with van der Waals surface area (Å²) in [6.45, 7) is 2.31. The van der Waals surface area contributed by atoms with Crippen LogP contribution in [0.15, 0.2) is 156 Å². The minimum absolute atomic E-state index is 0.0586. The zero-order chi connectivity index (χ0) is 34.5. The van der Waals surface area contributed by atoms with E-state index in [-0.39, 0.29) is 6.71 Å². The van der Waals surface area contributed by atoms with Gasteiger partial charge in [0.15, 0.2) is 5.58 Å². The average Bonchev–Trinajstić information content (AvgIpc) is 3.94. The molecule has 0 bridgehead atoms. The summed E-state index contributed by atoms with van der Waals surface area (Å²) in [6.07, 6.45) is 0. The van der Waals surface area contributed by atoms with Crippen LogP contribution in [0.1, 0.15) is 5.56 Å². The molecule has 0 spiro atoms. The standard InChI is InChI=1S/C47H28BN3OS/c1-27-25-36-41-37(26-27)51-44-31-18-9-11-22-39(31)53-47(44)40-35(49(28-13-4-2-5-14-28)29-15-6-3-7-16-29)24-23-34(45(40)51)48(41)33-20-12-19-32-42(33)50(36)43-30-17-8-10-21-38(30)52-46(32)43/h2-26H,1H3. The van der Waals surface area contributed by atoms with E-state index in [1.54, 1.807) is 0 Å². The number of nitrogens with zero attached hydrogens (tertiary/aromatic N) is 3. The van der Waals surface area contributed by atoms with Crippen LogP contribution in [0.3, 0.4) is 0 Å². The molecular weight excluding hydrogens is 665 g/mol. The smallest absolute Gasteiger partial charge is 0.252 e. The van der Waals surface area contributed by atoms with Gasteiger partial charge in [-0.25, -0.2) is 0 Å². The van der Waals surface area contributed by atoms with E-state index in [1.165, 1.54) is 81.1 Å². The molecule has 0 atom stereocenters. The summed E-state index contributed by atoms with van der Waals surface area (Å²) < 4.78 is 14.5. The van der Waals surface area contributed by atoms with Gasteiger partial charge in [0.25, 0.3) is 6.71 Å². The van der Waals surface area contributed by atoms with E-state index < -0.39 is 0 Å². The maximum absolute atomic E-state index is 6.69. The Balaban J connectivity index is 1.23. The molecule has 13 rings (SSSR count). The molecule has 6 heterocycles. The molecule has 4 aromatic heterocycles. The minimum atomic E-state index is 0.0586. The largest absolute Gasteiger partial charge is 0.454 e. The number of thiophene rings is 1. The normalized spacial score (nSPS) is 13.0. The summed E-state index contributed by atoms with van der Waals surface area (Å²) in [5.74, 6) is 0. The van der Waals surface area contributed by atoms with Gasteiger partial charge in [-0.05, 0) is 95.6 Å². The van der Waals surface area contributed by atoms with Crippen LogP contribution in [-0.4, -0.2) is 15.8 Å². The molecule has 0 aliphatic carbocycles. The Morgan fingerprint density at radius 2 is 1.21 bits per heavy atom. The van der Waals surface area contributed by atoms with Crippen LogP contribution in [-0.2, 0) is 0 Å². The topological polar surface area (TPSA) is 26.2 Å². The first-order valence-corrected chi connectivity index (χ1v) is 19.0. The fourth-order valence-electron chi connectivity index (χ4n) is 9.76. The fraction of sp³-hybridized carbons (Fsp3) is 0.0213. The van der Waals surface area contributed by atoms with Crippen molar-refractivity contribution in [3.8, 4) is 11.4 Å². The summed E-state index contributed by atoms with van der Waals surface area (Å²) in [5.41, 5.74) is 18.1. The molecule has 0 amide bonds. The van der Waals surface area contributed by atoms with Crippen molar-refractivity contribution in [2.45, 2.75) is 6.92 Å². The predicted molar refractivity (Wildman–Crippen MR) is 224 cm³/mol. The van der Waals surface area contributed by atoms with Gasteiger partial charge in [-0.3, -0.25) is 0 Å². The maximum Gasteiger partial charge on any atom is 0.252 e. The molecule has 0 unspecified atom stereocenters. The number of fused-ring (bicyclic) bond motifs is 14. The highest BCUT2D eigenvalue weighted by atomic mass is 32.1. The number of anilines is 3. The highest BCUT2D eigenvalue weighted by Crippen LogP contribution is 2.50. The Morgan fingerprint density at radius 1 is 0.566 bits per heavy atom. The van der Waals surface area contributed by atoms with Gasteiger partial charge in [-0.2, -0.15) is 0 Å². The lowest BCUT2D eigenvalue weighted by atomic mass is 9.34. The van der Waals surface area contributed by atoms with Gasteiger partial charge >= 0.3 is 0 Å². The van der Waals surface area contributed by atoms with Crippen LogP contribution in [0.4, 0.5) is 17.1 Å². The Morgan fingerprint density at radius 3 is 1.98 bits per heavy atom. The van der Waals surface area contributed by atoms with E-state index in [9.17, 15) is 0 Å². The molecule has 4 nitrogen and oxygen atoms in total. The van der Waals surface area contributed by atoms with Crippen molar-refractivity contribution in [1.82, 2.24) is 9.13 Å². The molecule has 0 saturated heterocycles. The number of rotatable bonds is 3. The summed E-state index contributed by atoms with van der Waals surface area (Å²) in [4.78, 5) is 2.44. The molecule has 11 aromatic rings. The average molecular weight is 694 g/mol. The van der Waals surface area contributed by atoms with Crippen molar-refractivity contribution < 1.29 is 4.42 Å². The van der Waals surface area contributed by atoms with E-state index in [4.69, 9.17) is 4.42 Å². The molecule has 7 aromatic carbocycles. The van der Waals surface area contributed by atoms with Crippen molar-refractivity contribution in [1.29, 1.82) is 0 Å². The van der Waals surface area contributed by atoms with Crippen molar-refractivity contribution in [3.05, 3.63) is 157 Å². The monoisotopic (exact) mass is 693 g/mol. The molecule has 246 valence electrons. The van der Waals surface area contributed by atoms with E-state index >= 15 is 0 Å². The highest BCUT2D eigenvalue weighted by molar-refractivity contribution is 7.27. The Labute approximate surface area is 308 Å². The molecule has 53 heavy (non-hydrogen) atoms. The van der Waals surface area contributed by atoms with Crippen LogP contribution < -0.4 is 21.3 Å². The number of furan rings is 1. The van der Waals surface area contributed by atoms with Gasteiger partial charge in [-0.1, -0.05) is 84.9 Å². The molecule has 0 radical (unpaired) electrons. The first-order chi connectivity index (χ1) is 26.2. The number of benzene rings is 7. The number of para-hydroxylation sites is 4. The second-order valence-corrected chi connectivity index (χ2v) is 15.6. The third-order valence-electron chi connectivity index (χ3n) is 11.7. The van der Waals surface area contributed by atoms with E-state index in [0.29, 0.717) is 0 Å². The Hall–Kier alpha value is -6.50. The maximum atomic E-state index is 6.69. The lowest BCUT2D eigenvalue weighted by molar-refractivity contribution is 0.673. The van der Waals surface area contributed by atoms with Gasteiger partial charge in [-0.15, -0.1) is 11.3 Å². The van der Waals surface area contributed by atoms with Crippen LogP contribution in [0, 0.1) is 6.92 Å². The summed E-state index contributed by atoms with van der Waals surface area (Å²) in [6, 6.07) is 55.5. The van der Waals surface area contributed by atoms with E-state index in [0.717, 1.165) is 33.4 Å². The predicted octanol–water partition coefficient (Wildman–Crippen LogP) is 10.8. The summed E-state index contributed by atoms with van der Waals surface area (Å²) in [5, 5.41) is 4.91. The van der Waals surface area contributed by atoms with Gasteiger partial charge < -0.3 is 18.5 Å². The number of hydrogen-bond acceptors (Lipinski definition) is 3. The van der Waals surface area contributed by atoms with Gasteiger partial charge in [0.1, 0.15) is 11.1 Å². The van der Waals surface area contributed by atoms with Crippen LogP contribution in [0.2, 0.25) is 0 Å². The van der Waals surface area contributed by atoms with Crippen molar-refractivity contribution in [2.75, 3.05) is 4.90 Å². The van der Waals surface area contributed by atoms with Crippen molar-refractivity contribution >= 4 is 116 Å². The van der Waals surface area contributed by atoms with Crippen molar-refractivity contribution in [3.63, 3.8) is 0 Å². The zero-order valence-electron chi connectivity index (χ0n) is 28.7. The SMILES string of the molecule is Cc1cc2c3c(c1)-n1c4c(ccc(N(c5ccccc5)c5ccccc5)c4c4sc5ccccc5c41)B3c1cccc3c4oc5ccccc5c4n-2c13. The highest BCUT2D eigenvalue weighted by Gasteiger charge is 2.42. The van der Waals surface area contributed by atoms with Crippen LogP contribution in [0.25, 0.3) is 75.6 Å². The molecule has 0 saturated carbocycles. The van der Waals surface area contributed by atoms with Gasteiger partial charge in [0, 0.05) is 49.0 Å². The number of aryl methyl sites for hydroxylation is 1. The fourth-order valence-corrected chi connectivity index (χ4v) is 11.0. The summed E-state index contributed by atoms with van der Waals surface area (Å²) >= 11 is 1.92. The zero-order valence-corrected chi connectivity index (χ0v) is 29.5. The van der Waals surface area contributed by atoms with Crippen molar-refractivity contribution in [2.24, 2.45) is 0 Å². The summed E-state index contributed by atoms with van der Waals surface area (Å²) in [7, 11) is 0. The van der Waals surface area contributed by atoms with Gasteiger partial charge in [0.05, 0.1) is 26.9 Å². The Bertz CT molecular complexity index is 3330. The minimum Gasteiger partial charge on any atom is -0.454 e. The second-order valence-electron chi connectivity index (χ2n) is 14.5. The van der Waals surface area contributed by atoms with E-state index in [1.807, 2.05) is 11.3 Å². The van der Waals surface area contributed by atoms with Crippen LogP contribution >= 0.6 is 11.3 Å². The molecule has 0 N–H and O–H groups in total. The first kappa shape index (κ1) is 28.1. The van der Waals surface area contributed by atoms with E-state index in [2.05, 4.69) is 173 Å². The third kappa shape index (κ3) is 3.43.